The molecule has 1 aliphatic rings. The van der Waals surface area contributed by atoms with Crippen LogP contribution in [-0.4, -0.2) is 20.1 Å². The van der Waals surface area contributed by atoms with Crippen LogP contribution in [0, 0.1) is 6.92 Å². The van der Waals surface area contributed by atoms with E-state index in [9.17, 15) is 4.79 Å². The first-order chi connectivity index (χ1) is 6.63. The van der Waals surface area contributed by atoms with E-state index in [0.29, 0.717) is 6.42 Å². The molecule has 0 saturated carbocycles. The van der Waals surface area contributed by atoms with Crippen LogP contribution < -0.4 is 9.64 Å². The van der Waals surface area contributed by atoms with Crippen LogP contribution in [0.3, 0.4) is 0 Å². The molecule has 0 aliphatic carbocycles. The quantitative estimate of drug-likeness (QED) is 0.673. The van der Waals surface area contributed by atoms with E-state index < -0.39 is 0 Å². The van der Waals surface area contributed by atoms with Crippen LogP contribution in [0.5, 0.6) is 5.75 Å². The topological polar surface area (TPSA) is 29.5 Å². The zero-order valence-corrected chi connectivity index (χ0v) is 8.63. The lowest BCUT2D eigenvalue weighted by atomic mass is 10.1. The number of nitrogens with zero attached hydrogens (tertiary/aromatic N) is 1. The standard InChI is InChI=1S/C11H13NO2/c1-7-4-9-8(5-10(7)14-3)6-11(13)12(9)2/h4-5H,6H2,1-3H3. The average molecular weight is 191 g/mol. The molecule has 1 heterocycles. The minimum absolute atomic E-state index is 0.146. The second-order valence-corrected chi connectivity index (χ2v) is 3.58. The van der Waals surface area contributed by atoms with Gasteiger partial charge in [-0.05, 0) is 30.2 Å². The summed E-state index contributed by atoms with van der Waals surface area (Å²) in [7, 11) is 3.45. The summed E-state index contributed by atoms with van der Waals surface area (Å²) in [5.41, 5.74) is 3.13. The van der Waals surface area contributed by atoms with Gasteiger partial charge in [0, 0.05) is 12.7 Å². The first kappa shape index (κ1) is 9.06. The highest BCUT2D eigenvalue weighted by Crippen LogP contribution is 2.33. The van der Waals surface area contributed by atoms with Gasteiger partial charge >= 0.3 is 0 Å². The number of aryl methyl sites for hydroxylation is 1. The molecule has 0 unspecified atom stereocenters. The van der Waals surface area contributed by atoms with Crippen LogP contribution in [0.25, 0.3) is 0 Å². The van der Waals surface area contributed by atoms with Gasteiger partial charge in [-0.15, -0.1) is 0 Å². The first-order valence-corrected chi connectivity index (χ1v) is 4.57. The molecule has 3 heteroatoms. The van der Waals surface area contributed by atoms with Crippen molar-refractivity contribution >= 4 is 11.6 Å². The number of carbonyl (C=O) groups excluding carboxylic acids is 1. The SMILES string of the molecule is COc1cc2c(cc1C)N(C)C(=O)C2. The van der Waals surface area contributed by atoms with Crippen molar-refractivity contribution in [2.75, 3.05) is 19.1 Å². The van der Waals surface area contributed by atoms with Crippen molar-refractivity contribution in [2.45, 2.75) is 13.3 Å². The maximum absolute atomic E-state index is 11.4. The number of amides is 1. The molecule has 1 aromatic rings. The average Bonchev–Trinajstić information content (AvgIpc) is 2.43. The number of ether oxygens (including phenoxy) is 1. The molecule has 1 amide bonds. The van der Waals surface area contributed by atoms with Crippen LogP contribution in [0.2, 0.25) is 0 Å². The van der Waals surface area contributed by atoms with Gasteiger partial charge in [0.05, 0.1) is 13.5 Å². The number of hydrogen-bond acceptors (Lipinski definition) is 2. The predicted molar refractivity (Wildman–Crippen MR) is 54.8 cm³/mol. The molecule has 74 valence electrons. The summed E-state index contributed by atoms with van der Waals surface area (Å²) in [6, 6.07) is 3.95. The lowest BCUT2D eigenvalue weighted by Gasteiger charge is -2.12. The number of methoxy groups -OCH3 is 1. The smallest absolute Gasteiger partial charge is 0.231 e. The maximum atomic E-state index is 11.4. The van der Waals surface area contributed by atoms with Crippen molar-refractivity contribution < 1.29 is 9.53 Å². The molecule has 0 spiro atoms. The number of hydrogen-bond donors (Lipinski definition) is 0. The van der Waals surface area contributed by atoms with E-state index in [2.05, 4.69) is 0 Å². The second kappa shape index (κ2) is 3.01. The van der Waals surface area contributed by atoms with Crippen molar-refractivity contribution in [3.8, 4) is 5.75 Å². The number of anilines is 1. The molecular formula is C11H13NO2. The summed E-state index contributed by atoms with van der Waals surface area (Å²) in [4.78, 5) is 13.1. The van der Waals surface area contributed by atoms with Gasteiger partial charge in [-0.1, -0.05) is 0 Å². The Bertz CT molecular complexity index is 399. The van der Waals surface area contributed by atoms with Gasteiger partial charge in [0.2, 0.25) is 5.91 Å². The Hall–Kier alpha value is -1.51. The second-order valence-electron chi connectivity index (χ2n) is 3.58. The van der Waals surface area contributed by atoms with E-state index in [1.54, 1.807) is 19.1 Å². The van der Waals surface area contributed by atoms with E-state index in [0.717, 1.165) is 22.6 Å². The Morgan fingerprint density at radius 1 is 1.43 bits per heavy atom. The lowest BCUT2D eigenvalue weighted by molar-refractivity contribution is -0.117. The van der Waals surface area contributed by atoms with Gasteiger partial charge in [0.1, 0.15) is 5.75 Å². The number of likely N-dealkylation sites (N-methyl/N-ethyl adjacent to an activating group) is 1. The monoisotopic (exact) mass is 191 g/mol. The summed E-state index contributed by atoms with van der Waals surface area (Å²) in [6.07, 6.45) is 0.489. The Kier molecular flexibility index (Phi) is 1.95. The fourth-order valence-electron chi connectivity index (χ4n) is 1.80. The van der Waals surface area contributed by atoms with Crippen molar-refractivity contribution in [1.29, 1.82) is 0 Å². The highest BCUT2D eigenvalue weighted by molar-refractivity contribution is 6.01. The first-order valence-electron chi connectivity index (χ1n) is 4.57. The number of benzene rings is 1. The lowest BCUT2D eigenvalue weighted by Crippen LogP contribution is -2.20. The minimum Gasteiger partial charge on any atom is -0.496 e. The zero-order valence-electron chi connectivity index (χ0n) is 8.63. The summed E-state index contributed by atoms with van der Waals surface area (Å²) in [6.45, 7) is 1.98. The maximum Gasteiger partial charge on any atom is 0.231 e. The third-order valence-corrected chi connectivity index (χ3v) is 2.67. The molecule has 14 heavy (non-hydrogen) atoms. The zero-order chi connectivity index (χ0) is 10.3. The molecular weight excluding hydrogens is 178 g/mol. The van der Waals surface area contributed by atoms with Crippen molar-refractivity contribution in [3.63, 3.8) is 0 Å². The Morgan fingerprint density at radius 2 is 2.14 bits per heavy atom. The van der Waals surface area contributed by atoms with Crippen LogP contribution in [0.15, 0.2) is 12.1 Å². The van der Waals surface area contributed by atoms with Crippen LogP contribution in [0.4, 0.5) is 5.69 Å². The minimum atomic E-state index is 0.146. The van der Waals surface area contributed by atoms with Gasteiger partial charge in [-0.25, -0.2) is 0 Å². The number of carbonyl (C=O) groups is 1. The Morgan fingerprint density at radius 3 is 2.79 bits per heavy atom. The van der Waals surface area contributed by atoms with Gasteiger partial charge in [-0.3, -0.25) is 4.79 Å². The van der Waals surface area contributed by atoms with E-state index >= 15 is 0 Å². The van der Waals surface area contributed by atoms with E-state index in [4.69, 9.17) is 4.74 Å². The molecule has 1 aromatic carbocycles. The molecule has 0 atom stereocenters. The van der Waals surface area contributed by atoms with Crippen LogP contribution in [-0.2, 0) is 11.2 Å². The van der Waals surface area contributed by atoms with E-state index in [1.165, 1.54) is 0 Å². The summed E-state index contributed by atoms with van der Waals surface area (Å²) in [5.74, 6) is 1.000. The van der Waals surface area contributed by atoms with E-state index in [-0.39, 0.29) is 5.91 Å². The predicted octanol–water partition coefficient (Wildman–Crippen LogP) is 1.52. The molecule has 0 aromatic heterocycles. The van der Waals surface area contributed by atoms with Crippen molar-refractivity contribution in [2.24, 2.45) is 0 Å². The van der Waals surface area contributed by atoms with Crippen molar-refractivity contribution in [3.05, 3.63) is 23.3 Å². The normalized spacial score (nSPS) is 14.5. The summed E-state index contributed by atoms with van der Waals surface area (Å²) < 4.78 is 5.21. The molecule has 0 fully saturated rings. The highest BCUT2D eigenvalue weighted by Gasteiger charge is 2.24. The highest BCUT2D eigenvalue weighted by atomic mass is 16.5. The van der Waals surface area contributed by atoms with E-state index in [1.807, 2.05) is 19.1 Å². The fraction of sp³-hybridized carbons (Fsp3) is 0.364. The van der Waals surface area contributed by atoms with Crippen LogP contribution >= 0.6 is 0 Å². The van der Waals surface area contributed by atoms with Crippen LogP contribution in [0.1, 0.15) is 11.1 Å². The molecule has 0 radical (unpaired) electrons. The number of fused-ring (bicyclic) bond motifs is 1. The fourth-order valence-corrected chi connectivity index (χ4v) is 1.80. The molecule has 3 nitrogen and oxygen atoms in total. The largest absolute Gasteiger partial charge is 0.496 e. The van der Waals surface area contributed by atoms with Gasteiger partial charge < -0.3 is 9.64 Å². The Labute approximate surface area is 83.3 Å². The third kappa shape index (κ3) is 1.16. The Balaban J connectivity index is 2.54. The summed E-state index contributed by atoms with van der Waals surface area (Å²) >= 11 is 0. The van der Waals surface area contributed by atoms with Gasteiger partial charge in [-0.2, -0.15) is 0 Å². The third-order valence-electron chi connectivity index (χ3n) is 2.67. The van der Waals surface area contributed by atoms with Gasteiger partial charge in [0.25, 0.3) is 0 Å². The van der Waals surface area contributed by atoms with Crippen molar-refractivity contribution in [1.82, 2.24) is 0 Å². The van der Waals surface area contributed by atoms with Gasteiger partial charge in [0.15, 0.2) is 0 Å². The summed E-state index contributed by atoms with van der Waals surface area (Å²) in [5, 5.41) is 0. The molecule has 0 bridgehead atoms. The number of rotatable bonds is 1. The molecule has 0 saturated heterocycles. The molecule has 2 rings (SSSR count). The molecule has 1 aliphatic heterocycles. The molecule has 0 N–H and O–H groups in total.